The van der Waals surface area contributed by atoms with Gasteiger partial charge in [0.15, 0.2) is 5.82 Å². The van der Waals surface area contributed by atoms with Crippen LogP contribution in [0.4, 0.5) is 11.5 Å². The van der Waals surface area contributed by atoms with E-state index in [0.717, 1.165) is 0 Å². The number of hydrogen-bond acceptors (Lipinski definition) is 5. The number of amides is 1. The van der Waals surface area contributed by atoms with Crippen molar-refractivity contribution in [1.82, 2.24) is 9.97 Å². The molecule has 0 radical (unpaired) electrons. The van der Waals surface area contributed by atoms with Crippen molar-refractivity contribution in [2.24, 2.45) is 0 Å². The highest BCUT2D eigenvalue weighted by Crippen LogP contribution is 2.21. The Bertz CT molecular complexity index is 1100. The van der Waals surface area contributed by atoms with Crippen LogP contribution in [0.3, 0.4) is 0 Å². The molecule has 0 bridgehead atoms. The van der Waals surface area contributed by atoms with Crippen LogP contribution in [0.15, 0.2) is 48.7 Å². The number of carbonyl (C=O) groups excluding carboxylic acids is 1. The highest BCUT2D eigenvalue weighted by atomic mass is 35.5. The molecule has 0 fully saturated rings. The molecule has 7 nitrogen and oxygen atoms in total. The molecular weight excluding hydrogens is 388 g/mol. The smallest absolute Gasteiger partial charge is 0.256 e. The number of fused-ring (bicyclic) bond motifs is 1. The number of para-hydroxylation sites is 1. The van der Waals surface area contributed by atoms with Crippen LogP contribution < -0.4 is 10.0 Å². The molecule has 27 heavy (non-hydrogen) atoms. The van der Waals surface area contributed by atoms with E-state index in [2.05, 4.69) is 20.0 Å². The van der Waals surface area contributed by atoms with Crippen molar-refractivity contribution in [1.29, 1.82) is 0 Å². The number of nitrogens with zero attached hydrogens (tertiary/aromatic N) is 2. The highest BCUT2D eigenvalue weighted by Gasteiger charge is 2.16. The van der Waals surface area contributed by atoms with Crippen molar-refractivity contribution >= 4 is 50.1 Å². The molecule has 3 aromatic rings. The Labute approximate surface area is 161 Å². The van der Waals surface area contributed by atoms with Crippen molar-refractivity contribution < 1.29 is 13.2 Å². The maximum atomic E-state index is 12.4. The molecule has 0 aliphatic rings. The lowest BCUT2D eigenvalue weighted by molar-refractivity contribution is 0.102. The van der Waals surface area contributed by atoms with Crippen molar-refractivity contribution in [3.8, 4) is 0 Å². The van der Waals surface area contributed by atoms with Gasteiger partial charge in [-0.2, -0.15) is 0 Å². The van der Waals surface area contributed by atoms with E-state index >= 15 is 0 Å². The van der Waals surface area contributed by atoms with Crippen LogP contribution in [0.5, 0.6) is 0 Å². The largest absolute Gasteiger partial charge is 0.305 e. The third-order valence-corrected chi connectivity index (χ3v) is 5.86. The minimum Gasteiger partial charge on any atom is -0.305 e. The Morgan fingerprint density at radius 3 is 2.48 bits per heavy atom. The topological polar surface area (TPSA) is 101 Å². The van der Waals surface area contributed by atoms with Gasteiger partial charge in [-0.25, -0.2) is 18.4 Å². The second-order valence-corrected chi connectivity index (χ2v) is 8.73. The van der Waals surface area contributed by atoms with E-state index in [-0.39, 0.29) is 5.91 Å². The number of aromatic nitrogens is 2. The normalized spacial score (nSPS) is 11.6. The van der Waals surface area contributed by atoms with Crippen LogP contribution in [0.1, 0.15) is 24.2 Å². The van der Waals surface area contributed by atoms with Crippen LogP contribution in [-0.2, 0) is 10.0 Å². The number of carbonyl (C=O) groups is 1. The summed E-state index contributed by atoms with van der Waals surface area (Å²) in [5.41, 5.74) is 1.87. The van der Waals surface area contributed by atoms with E-state index in [1.54, 1.807) is 32.0 Å². The Kier molecular flexibility index (Phi) is 5.29. The van der Waals surface area contributed by atoms with E-state index in [1.807, 2.05) is 0 Å². The number of anilines is 2. The van der Waals surface area contributed by atoms with E-state index in [4.69, 9.17) is 11.6 Å². The van der Waals surface area contributed by atoms with Gasteiger partial charge in [0.25, 0.3) is 5.91 Å². The van der Waals surface area contributed by atoms with Gasteiger partial charge < -0.3 is 5.32 Å². The number of hydrogen-bond donors (Lipinski definition) is 2. The molecule has 0 unspecified atom stereocenters. The first kappa shape index (κ1) is 19.1. The molecule has 3 rings (SSSR count). The van der Waals surface area contributed by atoms with E-state index in [0.29, 0.717) is 33.1 Å². The molecule has 140 valence electrons. The zero-order valence-corrected chi connectivity index (χ0v) is 16.2. The van der Waals surface area contributed by atoms with Gasteiger partial charge in [0.05, 0.1) is 22.0 Å². The molecule has 0 atom stereocenters. The van der Waals surface area contributed by atoms with Crippen LogP contribution in [0.2, 0.25) is 5.02 Å². The predicted octanol–water partition coefficient (Wildman–Crippen LogP) is 3.69. The zero-order chi connectivity index (χ0) is 19.6. The first-order valence-corrected chi connectivity index (χ1v) is 10.0. The van der Waals surface area contributed by atoms with Gasteiger partial charge >= 0.3 is 0 Å². The maximum Gasteiger partial charge on any atom is 0.256 e. The summed E-state index contributed by atoms with van der Waals surface area (Å²) in [6.07, 6.45) is 1.43. The van der Waals surface area contributed by atoms with Gasteiger partial charge in [-0.15, -0.1) is 0 Å². The predicted molar refractivity (Wildman–Crippen MR) is 107 cm³/mol. The molecule has 2 N–H and O–H groups in total. The first-order valence-electron chi connectivity index (χ1n) is 8.10. The monoisotopic (exact) mass is 404 g/mol. The fraction of sp³-hybridized carbons (Fsp3) is 0.167. The van der Waals surface area contributed by atoms with E-state index in [1.165, 1.54) is 30.5 Å². The van der Waals surface area contributed by atoms with Gasteiger partial charge in [0, 0.05) is 11.3 Å². The molecule has 0 saturated heterocycles. The first-order chi connectivity index (χ1) is 12.8. The summed E-state index contributed by atoms with van der Waals surface area (Å²) in [5, 5.41) is 2.59. The average molecular weight is 405 g/mol. The number of halogens is 1. The number of benzene rings is 2. The quantitative estimate of drug-likeness (QED) is 0.675. The van der Waals surface area contributed by atoms with Gasteiger partial charge in [0.2, 0.25) is 10.0 Å². The van der Waals surface area contributed by atoms with Crippen LogP contribution in [0.25, 0.3) is 11.0 Å². The molecule has 9 heteroatoms. The van der Waals surface area contributed by atoms with Crippen LogP contribution in [-0.4, -0.2) is 29.5 Å². The van der Waals surface area contributed by atoms with Crippen molar-refractivity contribution in [3.05, 3.63) is 59.2 Å². The molecule has 0 saturated carbocycles. The van der Waals surface area contributed by atoms with E-state index < -0.39 is 15.3 Å². The summed E-state index contributed by atoms with van der Waals surface area (Å²) in [7, 11) is -3.44. The second kappa shape index (κ2) is 7.50. The Balaban J connectivity index is 1.75. The summed E-state index contributed by atoms with van der Waals surface area (Å²) in [6, 6.07) is 11.3. The van der Waals surface area contributed by atoms with Crippen molar-refractivity contribution in [3.63, 3.8) is 0 Å². The van der Waals surface area contributed by atoms with Gasteiger partial charge in [-0.1, -0.05) is 17.7 Å². The molecule has 1 aromatic heterocycles. The Morgan fingerprint density at radius 1 is 1.11 bits per heavy atom. The molecule has 0 aliphatic carbocycles. The average Bonchev–Trinajstić information content (AvgIpc) is 2.62. The molecule has 1 amide bonds. The molecule has 1 heterocycles. The fourth-order valence-electron chi connectivity index (χ4n) is 2.23. The van der Waals surface area contributed by atoms with Gasteiger partial charge in [-0.05, 0) is 50.2 Å². The minimum atomic E-state index is -3.44. The van der Waals surface area contributed by atoms with E-state index in [9.17, 15) is 13.2 Å². The summed E-state index contributed by atoms with van der Waals surface area (Å²) in [5.74, 6) is -0.0942. The van der Waals surface area contributed by atoms with Gasteiger partial charge in [-0.3, -0.25) is 9.52 Å². The lowest BCUT2D eigenvalue weighted by atomic mass is 10.2. The van der Waals surface area contributed by atoms with Gasteiger partial charge in [0.1, 0.15) is 5.52 Å². The lowest BCUT2D eigenvalue weighted by Crippen LogP contribution is -2.22. The Morgan fingerprint density at radius 2 is 1.81 bits per heavy atom. The van der Waals surface area contributed by atoms with Crippen LogP contribution in [0, 0.1) is 0 Å². The summed E-state index contributed by atoms with van der Waals surface area (Å²) in [6.45, 7) is 3.17. The summed E-state index contributed by atoms with van der Waals surface area (Å²) in [4.78, 5) is 20.9. The SMILES string of the molecule is CC(C)S(=O)(=O)Nc1ccc(C(=O)Nc2cnc3c(Cl)cccc3n2)cc1. The highest BCUT2D eigenvalue weighted by molar-refractivity contribution is 7.93. The summed E-state index contributed by atoms with van der Waals surface area (Å²) < 4.78 is 26.2. The molecular formula is C18H17ClN4O3S. The van der Waals surface area contributed by atoms with Crippen molar-refractivity contribution in [2.45, 2.75) is 19.1 Å². The lowest BCUT2D eigenvalue weighted by Gasteiger charge is -2.11. The number of sulfonamides is 1. The van der Waals surface area contributed by atoms with Crippen LogP contribution >= 0.6 is 11.6 Å². The number of rotatable bonds is 5. The standard InChI is InChI=1S/C18H17ClN4O3S/c1-11(2)27(25,26)23-13-8-6-12(7-9-13)18(24)22-16-10-20-17-14(19)4-3-5-15(17)21-16/h3-11,23H,1-2H3,(H,21,22,24). The second-order valence-electron chi connectivity index (χ2n) is 6.09. The fourth-order valence-corrected chi connectivity index (χ4v) is 3.15. The third-order valence-electron chi connectivity index (χ3n) is 3.79. The molecule has 0 spiro atoms. The minimum absolute atomic E-state index is 0.291. The summed E-state index contributed by atoms with van der Waals surface area (Å²) >= 11 is 6.05. The number of nitrogens with one attached hydrogen (secondary N) is 2. The molecule has 2 aromatic carbocycles. The zero-order valence-electron chi connectivity index (χ0n) is 14.6. The third kappa shape index (κ3) is 4.35. The molecule has 0 aliphatic heterocycles. The Hall–Kier alpha value is -2.71. The maximum absolute atomic E-state index is 12.4. The van der Waals surface area contributed by atoms with Crippen molar-refractivity contribution in [2.75, 3.05) is 10.0 Å².